The normalized spacial score (nSPS) is 29.4. The summed E-state index contributed by atoms with van der Waals surface area (Å²) in [6, 6.07) is -2.53. The van der Waals surface area contributed by atoms with Crippen LogP contribution in [-0.4, -0.2) is 372 Å². The van der Waals surface area contributed by atoms with E-state index in [1.807, 2.05) is 49.9 Å². The van der Waals surface area contributed by atoms with Gasteiger partial charge in [-0.1, -0.05) is 6.42 Å². The molecule has 12 heterocycles. The summed E-state index contributed by atoms with van der Waals surface area (Å²) in [7, 11) is 20.6. The molecule has 0 bridgehead atoms. The molecule has 0 aromatic heterocycles. The Morgan fingerprint density at radius 3 is 0.982 bits per heavy atom. The van der Waals surface area contributed by atoms with Crippen LogP contribution in [0.1, 0.15) is 135 Å². The lowest BCUT2D eigenvalue weighted by atomic mass is 9.99. The Labute approximate surface area is 635 Å². The molecule has 12 aliphatic heterocycles. The molecule has 12 rings (SSSR count). The number of nitrogens with zero attached hydrogens (tertiary/aromatic N) is 12. The lowest BCUT2D eigenvalue weighted by Crippen LogP contribution is -2.66. The van der Waals surface area contributed by atoms with Gasteiger partial charge in [-0.25, -0.2) is 44.4 Å². The lowest BCUT2D eigenvalue weighted by Gasteiger charge is -2.41. The van der Waals surface area contributed by atoms with E-state index in [2.05, 4.69) is 16.8 Å². The summed E-state index contributed by atoms with van der Waals surface area (Å²) in [5.74, 6) is -30.8. The average Bonchev–Trinajstić information content (AvgIpc) is 0.935. The van der Waals surface area contributed by atoms with E-state index in [-0.39, 0.29) is 64.1 Å². The number of hydrogen-bond acceptors (Lipinski definition) is 12. The summed E-state index contributed by atoms with van der Waals surface area (Å²) in [4.78, 5) is 19.8. The Bertz CT molecular complexity index is 2340. The summed E-state index contributed by atoms with van der Waals surface area (Å²) >= 11 is 0. The largest absolute Gasteiger partial charge is 0.393 e. The molecule has 0 N–H and O–H groups in total. The number of likely N-dealkylation sites (tertiary alicyclic amines) is 12. The molecular weight excluding hydrogens is 1530 g/mol. The second-order valence-corrected chi connectivity index (χ2v) is 31.8. The Morgan fingerprint density at radius 1 is 0.291 bits per heavy atom. The average molecular weight is 1660 g/mol. The second kappa shape index (κ2) is 47.9. The zero-order chi connectivity index (χ0) is 84.7. The molecule has 0 saturated carbocycles. The molecule has 660 valence electrons. The van der Waals surface area contributed by atoms with Gasteiger partial charge in [-0.15, -0.1) is 0 Å². The molecule has 12 saturated heterocycles. The summed E-state index contributed by atoms with van der Waals surface area (Å²) in [6.45, 7) is 7.72. The van der Waals surface area contributed by atoms with Crippen molar-refractivity contribution in [3.63, 3.8) is 0 Å². The summed E-state index contributed by atoms with van der Waals surface area (Å²) in [5.41, 5.74) is 0. The van der Waals surface area contributed by atoms with Crippen molar-refractivity contribution in [2.24, 2.45) is 11.8 Å². The van der Waals surface area contributed by atoms with E-state index >= 15 is 0 Å². The van der Waals surface area contributed by atoms with Crippen molar-refractivity contribution < 1.29 is 119 Å². The standard InChI is InChI=1S/C7H12F3N.C6H7F6N.C6H10F3N.3C6H11F2N.3C6H12FN.C6H13N.C5H7F4N.C5H9F2N/c1-11-3-2-6(5-11)4-7(8,9)10;1-13-2-4(7,8)6(11,12)5(9,10)3-13;1-10-3-2-5(4-10)6(7,8)9;1-9-4-2-6(7,8)3-5-9;1-9-4-2-3-6(7,8)5-9;1-9-5-3-2-4-6(9,7)8;1-8-4-2-6(7)3-5-8;1-8-4-2-3-6(7)5-8;1-8-5-3-2-4-6(8)7;1-7-5-3-2-4-6-7;1-10-2-4(6,7)5(8,9)3-10;1-8-3-2-5(6,7)4-8/h6H,2-5H2,1H3;2-3H2,1H3;5H,2-4H2,1H3;3*2-5H2,1H3;3*6H,2-5H2,1H3;2-6H2,1H3;2-3H2,1H3;2-4H2,1H3. The molecule has 0 spiro atoms. The van der Waals surface area contributed by atoms with Gasteiger partial charge in [0.15, 0.2) is 6.30 Å². The van der Waals surface area contributed by atoms with Gasteiger partial charge in [-0.05, 0) is 220 Å². The van der Waals surface area contributed by atoms with Gasteiger partial charge in [0.25, 0.3) is 17.8 Å². The van der Waals surface area contributed by atoms with E-state index < -0.39 is 123 Å². The number of rotatable bonds is 1. The van der Waals surface area contributed by atoms with E-state index in [9.17, 15) is 119 Å². The Kier molecular flexibility index (Phi) is 46.0. The molecule has 0 radical (unpaired) electrons. The molecule has 39 heteroatoms. The minimum absolute atomic E-state index is 0.0312. The third kappa shape index (κ3) is 44.3. The van der Waals surface area contributed by atoms with Gasteiger partial charge >= 0.3 is 48.0 Å². The van der Waals surface area contributed by atoms with E-state index in [4.69, 9.17) is 0 Å². The van der Waals surface area contributed by atoms with Crippen LogP contribution in [-0.2, 0) is 0 Å². The second-order valence-electron chi connectivity index (χ2n) is 31.8. The molecule has 12 aliphatic rings. The highest BCUT2D eigenvalue weighted by Gasteiger charge is 2.74. The van der Waals surface area contributed by atoms with Gasteiger partial charge in [0.1, 0.15) is 12.3 Å². The molecule has 110 heavy (non-hydrogen) atoms. The Hall–Kier alpha value is -2.37. The van der Waals surface area contributed by atoms with Crippen LogP contribution in [0.15, 0.2) is 0 Å². The predicted molar refractivity (Wildman–Crippen MR) is 375 cm³/mol. The highest BCUT2D eigenvalue weighted by atomic mass is 19.4. The molecule has 0 amide bonds. The SMILES string of the molecule is CN1CC(F)(F)C(F)(F)C(F)(F)C1.CN1CC(F)(F)C(F)(F)C1.CN1CCC(C(F)(F)F)C1.CN1CCC(CC(F)(F)F)C1.CN1CCC(F)(F)C1.CN1CCC(F)(F)CC1.CN1CCC(F)CC1.CN1CCCC(F)(F)C1.CN1CCCC(F)C1.CN1CCCCC1.CN1CCCCC1(F)F.CN1CCCCC1F. The first-order valence-corrected chi connectivity index (χ1v) is 37.9. The smallest absolute Gasteiger partial charge is 0.306 e. The van der Waals surface area contributed by atoms with Crippen molar-refractivity contribution in [3.05, 3.63) is 0 Å². The first-order valence-electron chi connectivity index (χ1n) is 37.9. The monoisotopic (exact) mass is 1660 g/mol. The lowest BCUT2D eigenvalue weighted by molar-refractivity contribution is -0.336. The van der Waals surface area contributed by atoms with Crippen LogP contribution in [0.5, 0.6) is 0 Å². The van der Waals surface area contributed by atoms with Crippen LogP contribution in [0.2, 0.25) is 0 Å². The third-order valence-electron chi connectivity index (χ3n) is 20.1. The van der Waals surface area contributed by atoms with E-state index in [1.165, 1.54) is 46.4 Å². The van der Waals surface area contributed by atoms with Crippen LogP contribution in [0, 0.1) is 11.8 Å². The van der Waals surface area contributed by atoms with Crippen molar-refractivity contribution in [3.8, 4) is 0 Å². The quantitative estimate of drug-likeness (QED) is 0.185. The van der Waals surface area contributed by atoms with E-state index in [1.54, 1.807) is 40.7 Å². The zero-order valence-corrected chi connectivity index (χ0v) is 66.4. The minimum atomic E-state index is -5.26. The fourth-order valence-electron chi connectivity index (χ4n) is 13.1. The molecule has 12 fully saturated rings. The summed E-state index contributed by atoms with van der Waals surface area (Å²) in [5, 5.41) is 0. The van der Waals surface area contributed by atoms with Crippen LogP contribution in [0.25, 0.3) is 0 Å². The third-order valence-corrected chi connectivity index (χ3v) is 20.1. The summed E-state index contributed by atoms with van der Waals surface area (Å²) < 4.78 is 331. The first kappa shape index (κ1) is 106. The van der Waals surface area contributed by atoms with Crippen molar-refractivity contribution in [1.82, 2.24) is 58.8 Å². The number of alkyl halides is 27. The molecule has 4 unspecified atom stereocenters. The molecule has 0 aromatic rings. The fraction of sp³-hybridized carbons (Fsp3) is 1.00. The van der Waals surface area contributed by atoms with E-state index in [0.29, 0.717) is 70.0 Å². The van der Waals surface area contributed by atoms with Crippen molar-refractivity contribution >= 4 is 0 Å². The maximum Gasteiger partial charge on any atom is 0.393 e. The van der Waals surface area contributed by atoms with Gasteiger partial charge in [0.2, 0.25) is 0 Å². The zero-order valence-electron chi connectivity index (χ0n) is 66.4. The molecular formula is C71H127F27N12. The van der Waals surface area contributed by atoms with Gasteiger partial charge in [-0.2, -0.15) is 79.0 Å². The molecule has 0 aromatic carbocycles. The van der Waals surface area contributed by atoms with Gasteiger partial charge < -0.3 is 39.2 Å². The fourth-order valence-corrected chi connectivity index (χ4v) is 13.1. The molecule has 4 atom stereocenters. The van der Waals surface area contributed by atoms with Crippen molar-refractivity contribution in [2.75, 3.05) is 229 Å². The highest BCUT2D eigenvalue weighted by Crippen LogP contribution is 2.49. The first-order chi connectivity index (χ1) is 50.1. The number of hydrogen-bond donors (Lipinski definition) is 0. The number of piperidine rings is 8. The van der Waals surface area contributed by atoms with Crippen LogP contribution in [0.3, 0.4) is 0 Å². The van der Waals surface area contributed by atoms with Crippen LogP contribution >= 0.6 is 0 Å². The van der Waals surface area contributed by atoms with Crippen LogP contribution in [0.4, 0.5) is 119 Å². The van der Waals surface area contributed by atoms with Crippen molar-refractivity contribution in [2.45, 2.75) is 219 Å². The molecule has 12 nitrogen and oxygen atoms in total. The number of halogens is 27. The van der Waals surface area contributed by atoms with E-state index in [0.717, 1.165) is 107 Å². The minimum Gasteiger partial charge on any atom is -0.306 e. The predicted octanol–water partition coefficient (Wildman–Crippen LogP) is 16.4. The maximum atomic E-state index is 12.5. The van der Waals surface area contributed by atoms with Crippen LogP contribution < -0.4 is 0 Å². The van der Waals surface area contributed by atoms with Gasteiger partial charge in [0, 0.05) is 104 Å². The Morgan fingerprint density at radius 2 is 0.691 bits per heavy atom. The highest BCUT2D eigenvalue weighted by molar-refractivity contribution is 5.03. The molecule has 0 aliphatic carbocycles. The maximum absolute atomic E-state index is 12.5. The van der Waals surface area contributed by atoms with Gasteiger partial charge in [0.05, 0.1) is 45.2 Å². The topological polar surface area (TPSA) is 38.9 Å². The summed E-state index contributed by atoms with van der Waals surface area (Å²) in [6.07, 6.45) is 3.52. The van der Waals surface area contributed by atoms with Crippen molar-refractivity contribution in [1.29, 1.82) is 0 Å². The van der Waals surface area contributed by atoms with Gasteiger partial charge in [-0.3, -0.25) is 14.7 Å². The Balaban J connectivity index is 0.000000602.